The van der Waals surface area contributed by atoms with Crippen LogP contribution in [0, 0.1) is 12.8 Å². The van der Waals surface area contributed by atoms with E-state index in [1.54, 1.807) is 23.4 Å². The standard InChI is InChI=1S/C19H21N5O3/c1-12-2-3-13(9-22-12)19(26)24-11-14(8-16-15(24)4-7-27-16)18(25)23-17-10-20-5-6-21-17/h2-3,5-6,9-10,14-16H,4,7-8,11H2,1H3,(H,21,23,25)/t14-,15-,16-/m1/s1. The molecule has 2 amide bonds. The number of aromatic nitrogens is 3. The van der Waals surface area contributed by atoms with Crippen LogP contribution in [-0.4, -0.2) is 57.0 Å². The molecule has 8 nitrogen and oxygen atoms in total. The number of nitrogens with zero attached hydrogens (tertiary/aromatic N) is 4. The lowest BCUT2D eigenvalue weighted by atomic mass is 9.89. The van der Waals surface area contributed by atoms with Gasteiger partial charge in [-0.15, -0.1) is 0 Å². The Balaban J connectivity index is 1.53. The Morgan fingerprint density at radius 3 is 2.85 bits per heavy atom. The fourth-order valence-electron chi connectivity index (χ4n) is 3.72. The number of hydrogen-bond donors (Lipinski definition) is 1. The van der Waals surface area contributed by atoms with E-state index in [-0.39, 0.29) is 29.9 Å². The molecule has 0 radical (unpaired) electrons. The van der Waals surface area contributed by atoms with Crippen molar-refractivity contribution in [3.63, 3.8) is 0 Å². The van der Waals surface area contributed by atoms with Gasteiger partial charge in [-0.25, -0.2) is 4.98 Å². The van der Waals surface area contributed by atoms with E-state index in [0.717, 1.165) is 12.1 Å². The Bertz CT molecular complexity index is 827. The van der Waals surface area contributed by atoms with Crippen molar-refractivity contribution in [2.75, 3.05) is 18.5 Å². The largest absolute Gasteiger partial charge is 0.376 e. The van der Waals surface area contributed by atoms with E-state index in [9.17, 15) is 9.59 Å². The number of hydrogen-bond acceptors (Lipinski definition) is 6. The smallest absolute Gasteiger partial charge is 0.255 e. The zero-order chi connectivity index (χ0) is 18.8. The third kappa shape index (κ3) is 3.66. The molecule has 4 rings (SSSR count). The normalized spacial score (nSPS) is 24.3. The van der Waals surface area contributed by atoms with Crippen LogP contribution in [0.2, 0.25) is 0 Å². The molecular weight excluding hydrogens is 346 g/mol. The molecule has 2 aromatic heterocycles. The van der Waals surface area contributed by atoms with Crippen molar-refractivity contribution in [1.29, 1.82) is 0 Å². The SMILES string of the molecule is Cc1ccc(C(=O)N2C[C@H](C(=O)Nc3cnccn3)C[C@H]3OCC[C@H]32)cn1. The summed E-state index contributed by atoms with van der Waals surface area (Å²) >= 11 is 0. The van der Waals surface area contributed by atoms with Crippen molar-refractivity contribution < 1.29 is 14.3 Å². The van der Waals surface area contributed by atoms with Crippen molar-refractivity contribution in [3.05, 3.63) is 48.2 Å². The summed E-state index contributed by atoms with van der Waals surface area (Å²) in [5.74, 6) is -0.254. The molecule has 140 valence electrons. The van der Waals surface area contributed by atoms with Crippen molar-refractivity contribution in [2.45, 2.75) is 31.9 Å². The van der Waals surface area contributed by atoms with E-state index in [1.165, 1.54) is 12.4 Å². The number of ether oxygens (including phenoxy) is 1. The summed E-state index contributed by atoms with van der Waals surface area (Å²) in [5, 5.41) is 2.78. The van der Waals surface area contributed by atoms with E-state index < -0.39 is 0 Å². The van der Waals surface area contributed by atoms with Crippen LogP contribution in [0.4, 0.5) is 5.82 Å². The number of carbonyl (C=O) groups is 2. The van der Waals surface area contributed by atoms with Crippen LogP contribution in [0.5, 0.6) is 0 Å². The Hall–Kier alpha value is -2.87. The van der Waals surface area contributed by atoms with Crippen LogP contribution < -0.4 is 5.32 Å². The Morgan fingerprint density at radius 2 is 2.11 bits per heavy atom. The van der Waals surface area contributed by atoms with Gasteiger partial charge in [-0.1, -0.05) is 0 Å². The molecule has 0 spiro atoms. The van der Waals surface area contributed by atoms with Gasteiger partial charge in [-0.05, 0) is 31.9 Å². The Morgan fingerprint density at radius 1 is 1.22 bits per heavy atom. The van der Waals surface area contributed by atoms with E-state index in [4.69, 9.17) is 4.74 Å². The molecule has 2 aromatic rings. The number of amides is 2. The number of carbonyl (C=O) groups excluding carboxylic acids is 2. The molecule has 3 atom stereocenters. The van der Waals surface area contributed by atoms with Crippen LogP contribution in [0.3, 0.4) is 0 Å². The zero-order valence-electron chi connectivity index (χ0n) is 15.0. The quantitative estimate of drug-likeness (QED) is 0.882. The molecule has 0 bridgehead atoms. The van der Waals surface area contributed by atoms with Gasteiger partial charge in [0.05, 0.1) is 29.8 Å². The first kappa shape index (κ1) is 17.5. The summed E-state index contributed by atoms with van der Waals surface area (Å²) in [4.78, 5) is 39.8. The average Bonchev–Trinajstić information content (AvgIpc) is 3.17. The van der Waals surface area contributed by atoms with Gasteiger partial charge in [-0.3, -0.25) is 19.6 Å². The van der Waals surface area contributed by atoms with E-state index in [1.807, 2.05) is 13.0 Å². The summed E-state index contributed by atoms with van der Waals surface area (Å²) < 4.78 is 5.81. The molecule has 1 N–H and O–H groups in total. The van der Waals surface area contributed by atoms with Gasteiger partial charge in [0.2, 0.25) is 5.91 Å². The predicted octanol–water partition coefficient (Wildman–Crippen LogP) is 1.44. The molecule has 0 aromatic carbocycles. The zero-order valence-corrected chi connectivity index (χ0v) is 15.0. The van der Waals surface area contributed by atoms with Crippen molar-refractivity contribution in [3.8, 4) is 0 Å². The fraction of sp³-hybridized carbons (Fsp3) is 0.421. The first-order chi connectivity index (χ1) is 13.1. The Labute approximate surface area is 157 Å². The molecule has 27 heavy (non-hydrogen) atoms. The lowest BCUT2D eigenvalue weighted by Crippen LogP contribution is -2.54. The molecule has 2 aliphatic rings. The molecule has 2 saturated heterocycles. The number of aryl methyl sites for hydroxylation is 1. The van der Waals surface area contributed by atoms with Gasteiger partial charge in [0.25, 0.3) is 5.91 Å². The summed E-state index contributed by atoms with van der Waals surface area (Å²) in [6, 6.07) is 3.59. The maximum Gasteiger partial charge on any atom is 0.255 e. The Kier molecular flexibility index (Phi) is 4.81. The molecule has 2 fully saturated rings. The number of pyridine rings is 1. The molecule has 4 heterocycles. The first-order valence-electron chi connectivity index (χ1n) is 9.04. The third-order valence-electron chi connectivity index (χ3n) is 5.11. The maximum atomic E-state index is 13.1. The van der Waals surface area contributed by atoms with Gasteiger partial charge in [0.15, 0.2) is 5.82 Å². The fourth-order valence-corrected chi connectivity index (χ4v) is 3.72. The van der Waals surface area contributed by atoms with Crippen LogP contribution in [0.25, 0.3) is 0 Å². The molecule has 2 aliphatic heterocycles. The number of rotatable bonds is 3. The number of nitrogens with one attached hydrogen (secondary N) is 1. The second kappa shape index (κ2) is 7.40. The highest BCUT2D eigenvalue weighted by Crippen LogP contribution is 2.32. The second-order valence-corrected chi connectivity index (χ2v) is 6.92. The molecule has 0 unspecified atom stereocenters. The highest BCUT2D eigenvalue weighted by Gasteiger charge is 2.44. The summed E-state index contributed by atoms with van der Waals surface area (Å²) in [7, 11) is 0. The lowest BCUT2D eigenvalue weighted by Gasteiger charge is -2.40. The minimum atomic E-state index is -0.367. The van der Waals surface area contributed by atoms with Crippen molar-refractivity contribution in [2.24, 2.45) is 5.92 Å². The maximum absolute atomic E-state index is 13.1. The summed E-state index contributed by atoms with van der Waals surface area (Å²) in [6.45, 7) is 2.83. The first-order valence-corrected chi connectivity index (χ1v) is 9.04. The van der Waals surface area contributed by atoms with Gasteiger partial charge in [0.1, 0.15) is 0 Å². The molecule has 0 saturated carbocycles. The van der Waals surface area contributed by atoms with Crippen LogP contribution in [0.1, 0.15) is 28.9 Å². The van der Waals surface area contributed by atoms with Gasteiger partial charge in [0, 0.05) is 37.4 Å². The summed E-state index contributed by atoms with van der Waals surface area (Å²) in [5.41, 5.74) is 1.38. The average molecular weight is 367 g/mol. The van der Waals surface area contributed by atoms with Crippen molar-refractivity contribution in [1.82, 2.24) is 19.9 Å². The second-order valence-electron chi connectivity index (χ2n) is 6.92. The number of anilines is 1. The van der Waals surface area contributed by atoms with E-state index in [0.29, 0.717) is 31.0 Å². The highest BCUT2D eigenvalue weighted by molar-refractivity contribution is 5.96. The lowest BCUT2D eigenvalue weighted by molar-refractivity contribution is -0.123. The van der Waals surface area contributed by atoms with Crippen LogP contribution in [-0.2, 0) is 9.53 Å². The number of likely N-dealkylation sites (tertiary alicyclic amines) is 1. The topological polar surface area (TPSA) is 97.3 Å². The van der Waals surface area contributed by atoms with E-state index in [2.05, 4.69) is 20.3 Å². The number of piperidine rings is 1. The molecular formula is C19H21N5O3. The minimum absolute atomic E-state index is 0.000583. The summed E-state index contributed by atoms with van der Waals surface area (Å²) in [6.07, 6.45) is 7.40. The molecule has 8 heteroatoms. The van der Waals surface area contributed by atoms with Crippen LogP contribution in [0.15, 0.2) is 36.9 Å². The van der Waals surface area contributed by atoms with Gasteiger partial charge < -0.3 is 15.0 Å². The van der Waals surface area contributed by atoms with Crippen LogP contribution >= 0.6 is 0 Å². The third-order valence-corrected chi connectivity index (χ3v) is 5.11. The van der Waals surface area contributed by atoms with Gasteiger partial charge >= 0.3 is 0 Å². The van der Waals surface area contributed by atoms with E-state index >= 15 is 0 Å². The predicted molar refractivity (Wildman–Crippen MR) is 96.9 cm³/mol. The van der Waals surface area contributed by atoms with Gasteiger partial charge in [-0.2, -0.15) is 0 Å². The number of fused-ring (bicyclic) bond motifs is 1. The monoisotopic (exact) mass is 367 g/mol. The minimum Gasteiger partial charge on any atom is -0.376 e. The highest BCUT2D eigenvalue weighted by atomic mass is 16.5. The molecule has 0 aliphatic carbocycles. The van der Waals surface area contributed by atoms with Crippen molar-refractivity contribution >= 4 is 17.6 Å².